The predicted molar refractivity (Wildman–Crippen MR) is 139 cm³/mol. The number of nitrogens with zero attached hydrogens (tertiary/aromatic N) is 2. The van der Waals surface area contributed by atoms with Crippen LogP contribution in [0.4, 0.5) is 0 Å². The summed E-state index contributed by atoms with van der Waals surface area (Å²) in [6.45, 7) is 7.57. The summed E-state index contributed by atoms with van der Waals surface area (Å²) < 4.78 is 0. The van der Waals surface area contributed by atoms with Gasteiger partial charge in [0.15, 0.2) is 5.96 Å². The summed E-state index contributed by atoms with van der Waals surface area (Å²) in [6, 6.07) is 7.83. The van der Waals surface area contributed by atoms with Crippen molar-refractivity contribution in [3.8, 4) is 0 Å². The monoisotopic (exact) mass is 555 g/mol. The summed E-state index contributed by atoms with van der Waals surface area (Å²) >= 11 is 0. The fourth-order valence-corrected chi connectivity index (χ4v) is 4.34. The van der Waals surface area contributed by atoms with Gasteiger partial charge in [0.1, 0.15) is 0 Å². The molecule has 7 nitrogen and oxygen atoms in total. The Morgan fingerprint density at radius 1 is 1.12 bits per heavy atom. The van der Waals surface area contributed by atoms with Gasteiger partial charge in [-0.05, 0) is 50.3 Å². The molecule has 2 fully saturated rings. The summed E-state index contributed by atoms with van der Waals surface area (Å²) in [5, 5.41) is 9.70. The van der Waals surface area contributed by atoms with E-state index in [-0.39, 0.29) is 41.8 Å². The van der Waals surface area contributed by atoms with Crippen molar-refractivity contribution in [1.29, 1.82) is 0 Å². The highest BCUT2D eigenvalue weighted by Gasteiger charge is 2.32. The number of amides is 2. The molecule has 3 rings (SSSR count). The van der Waals surface area contributed by atoms with Crippen LogP contribution in [0.25, 0.3) is 0 Å². The molecule has 1 atom stereocenters. The molecule has 0 aromatic heterocycles. The van der Waals surface area contributed by atoms with E-state index in [9.17, 15) is 9.59 Å². The van der Waals surface area contributed by atoms with Crippen molar-refractivity contribution in [2.75, 3.05) is 26.2 Å². The fraction of sp³-hybridized carbons (Fsp3) is 0.625. The molecule has 8 heteroatoms. The van der Waals surface area contributed by atoms with Crippen LogP contribution in [0, 0.1) is 5.92 Å². The van der Waals surface area contributed by atoms with Crippen molar-refractivity contribution < 1.29 is 9.59 Å². The summed E-state index contributed by atoms with van der Waals surface area (Å²) in [6.07, 6.45) is 6.32. The van der Waals surface area contributed by atoms with Gasteiger partial charge >= 0.3 is 0 Å². The highest BCUT2D eigenvalue weighted by molar-refractivity contribution is 14.0. The lowest BCUT2D eigenvalue weighted by atomic mass is 10.1. The average Bonchev–Trinajstić information content (AvgIpc) is 3.48. The summed E-state index contributed by atoms with van der Waals surface area (Å²) in [5.74, 6) is 1.28. The Morgan fingerprint density at radius 2 is 1.91 bits per heavy atom. The lowest BCUT2D eigenvalue weighted by Crippen LogP contribution is -2.45. The summed E-state index contributed by atoms with van der Waals surface area (Å²) in [4.78, 5) is 31.6. The van der Waals surface area contributed by atoms with Gasteiger partial charge in [-0.2, -0.15) is 0 Å². The van der Waals surface area contributed by atoms with Crippen LogP contribution in [0.3, 0.4) is 0 Å². The molecule has 0 spiro atoms. The van der Waals surface area contributed by atoms with Crippen LogP contribution < -0.4 is 16.0 Å². The van der Waals surface area contributed by atoms with E-state index in [2.05, 4.69) is 16.0 Å². The first-order valence-electron chi connectivity index (χ1n) is 11.8. The Kier molecular flexibility index (Phi) is 11.3. The number of guanidine groups is 1. The maximum atomic E-state index is 12.7. The Morgan fingerprint density at radius 3 is 2.62 bits per heavy atom. The Balaban J connectivity index is 0.00000363. The topological polar surface area (TPSA) is 85.8 Å². The lowest BCUT2D eigenvalue weighted by Gasteiger charge is -2.21. The third kappa shape index (κ3) is 7.64. The Hall–Kier alpha value is -1.84. The summed E-state index contributed by atoms with van der Waals surface area (Å²) in [5.41, 5.74) is 1.65. The fourth-order valence-electron chi connectivity index (χ4n) is 4.34. The normalized spacial score (nSPS) is 18.9. The van der Waals surface area contributed by atoms with Crippen molar-refractivity contribution in [2.24, 2.45) is 10.9 Å². The number of nitrogens with one attached hydrogen (secondary N) is 3. The van der Waals surface area contributed by atoms with E-state index < -0.39 is 0 Å². The predicted octanol–water partition coefficient (Wildman–Crippen LogP) is 3.29. The van der Waals surface area contributed by atoms with E-state index in [1.54, 1.807) is 0 Å². The number of carbonyl (C=O) groups excluding carboxylic acids is 2. The standard InChI is InChI=1S/C24H37N5O2.HI/c1-3-13-26-22(30)20-11-7-8-18(15-20)16-27-24(25-4-2)28-21-12-14-29(17-21)23(31)19-9-5-6-10-19;/h7-8,11,15,19,21H,3-6,9-10,12-14,16-17H2,1-2H3,(H,26,30)(H2,25,27,28);1H. The van der Waals surface area contributed by atoms with Crippen LogP contribution in [0.15, 0.2) is 29.3 Å². The second kappa shape index (κ2) is 13.6. The van der Waals surface area contributed by atoms with Gasteiger partial charge in [0.2, 0.25) is 5.91 Å². The van der Waals surface area contributed by atoms with Crippen molar-refractivity contribution in [1.82, 2.24) is 20.9 Å². The van der Waals surface area contributed by atoms with Crippen LogP contribution in [0.5, 0.6) is 0 Å². The molecule has 0 bridgehead atoms. The van der Waals surface area contributed by atoms with Crippen LogP contribution in [0.2, 0.25) is 0 Å². The molecule has 32 heavy (non-hydrogen) atoms. The number of carbonyl (C=O) groups is 2. The van der Waals surface area contributed by atoms with Crippen molar-refractivity contribution >= 4 is 41.8 Å². The van der Waals surface area contributed by atoms with Gasteiger partial charge in [-0.1, -0.05) is 31.9 Å². The molecule has 1 unspecified atom stereocenters. The molecule has 1 aliphatic heterocycles. The number of benzene rings is 1. The second-order valence-electron chi connectivity index (χ2n) is 8.55. The van der Waals surface area contributed by atoms with Gasteiger partial charge in [-0.15, -0.1) is 24.0 Å². The molecule has 0 radical (unpaired) electrons. The zero-order valence-corrected chi connectivity index (χ0v) is 21.7. The highest BCUT2D eigenvalue weighted by atomic mass is 127. The molecular formula is C24H38IN5O2. The molecule has 3 N–H and O–H groups in total. The third-order valence-corrected chi connectivity index (χ3v) is 6.03. The zero-order valence-electron chi connectivity index (χ0n) is 19.4. The molecular weight excluding hydrogens is 517 g/mol. The number of rotatable bonds is 8. The van der Waals surface area contributed by atoms with Crippen LogP contribution >= 0.6 is 24.0 Å². The number of likely N-dealkylation sites (tertiary alicyclic amines) is 1. The third-order valence-electron chi connectivity index (χ3n) is 6.03. The van der Waals surface area contributed by atoms with E-state index in [0.29, 0.717) is 24.6 Å². The molecule has 1 aromatic rings. The van der Waals surface area contributed by atoms with Gasteiger partial charge in [-0.25, -0.2) is 4.99 Å². The second-order valence-corrected chi connectivity index (χ2v) is 8.55. The maximum Gasteiger partial charge on any atom is 0.251 e. The van der Waals surface area contributed by atoms with E-state index in [1.165, 1.54) is 12.8 Å². The minimum Gasteiger partial charge on any atom is -0.357 e. The quantitative estimate of drug-likeness (QED) is 0.261. The minimum atomic E-state index is -0.0457. The van der Waals surface area contributed by atoms with Gasteiger partial charge in [0.25, 0.3) is 5.91 Å². The van der Waals surface area contributed by atoms with E-state index in [0.717, 1.165) is 56.8 Å². The number of aliphatic imine (C=N–C) groups is 1. The first kappa shape index (κ1) is 26.4. The highest BCUT2D eigenvalue weighted by Crippen LogP contribution is 2.27. The number of halogens is 1. The van der Waals surface area contributed by atoms with Gasteiger partial charge in [0, 0.05) is 43.7 Å². The molecule has 2 aliphatic rings. The largest absolute Gasteiger partial charge is 0.357 e. The lowest BCUT2D eigenvalue weighted by molar-refractivity contribution is -0.134. The van der Waals surface area contributed by atoms with Crippen molar-refractivity contribution in [2.45, 2.75) is 65.0 Å². The molecule has 1 aliphatic carbocycles. The molecule has 1 heterocycles. The first-order valence-corrected chi connectivity index (χ1v) is 11.8. The van der Waals surface area contributed by atoms with Crippen LogP contribution in [0.1, 0.15) is 68.3 Å². The van der Waals surface area contributed by atoms with Crippen LogP contribution in [-0.4, -0.2) is 54.9 Å². The van der Waals surface area contributed by atoms with E-state index in [4.69, 9.17) is 4.99 Å². The van der Waals surface area contributed by atoms with E-state index >= 15 is 0 Å². The number of hydrogen-bond acceptors (Lipinski definition) is 3. The van der Waals surface area contributed by atoms with Gasteiger partial charge in [0.05, 0.1) is 6.54 Å². The van der Waals surface area contributed by atoms with Gasteiger partial charge < -0.3 is 20.9 Å². The SMILES string of the molecule is CCCNC(=O)c1cccc(CN=C(NCC)NC2CCN(C(=O)C3CCCC3)C2)c1.I. The van der Waals surface area contributed by atoms with E-state index in [1.807, 2.05) is 43.0 Å². The zero-order chi connectivity index (χ0) is 22.1. The van der Waals surface area contributed by atoms with Gasteiger partial charge in [-0.3, -0.25) is 9.59 Å². The molecule has 1 aromatic carbocycles. The number of hydrogen-bond donors (Lipinski definition) is 3. The molecule has 1 saturated heterocycles. The average molecular weight is 556 g/mol. The molecule has 178 valence electrons. The first-order chi connectivity index (χ1) is 15.1. The van der Waals surface area contributed by atoms with Crippen molar-refractivity contribution in [3.05, 3.63) is 35.4 Å². The van der Waals surface area contributed by atoms with Crippen LogP contribution in [-0.2, 0) is 11.3 Å². The van der Waals surface area contributed by atoms with Crippen molar-refractivity contribution in [3.63, 3.8) is 0 Å². The Labute approximate surface area is 209 Å². The molecule has 2 amide bonds. The minimum absolute atomic E-state index is 0. The summed E-state index contributed by atoms with van der Waals surface area (Å²) in [7, 11) is 0. The molecule has 1 saturated carbocycles. The maximum absolute atomic E-state index is 12.7. The smallest absolute Gasteiger partial charge is 0.251 e. The Bertz CT molecular complexity index is 779.